The van der Waals surface area contributed by atoms with Gasteiger partial charge in [0.15, 0.2) is 0 Å². The van der Waals surface area contributed by atoms with Gasteiger partial charge in [-0.3, -0.25) is 4.79 Å². The summed E-state index contributed by atoms with van der Waals surface area (Å²) in [5.41, 5.74) is 0. The number of hydrogen-bond donors (Lipinski definition) is 1. The van der Waals surface area contributed by atoms with Crippen molar-refractivity contribution in [3.63, 3.8) is 0 Å². The van der Waals surface area contributed by atoms with Crippen molar-refractivity contribution in [2.24, 2.45) is 0 Å². The van der Waals surface area contributed by atoms with Crippen molar-refractivity contribution in [1.29, 1.82) is 0 Å². The van der Waals surface area contributed by atoms with Crippen LogP contribution in [-0.4, -0.2) is 4.98 Å². The molecule has 0 aromatic carbocycles. The Morgan fingerprint density at radius 2 is 2.00 bits per heavy atom. The second-order valence-electron chi connectivity index (χ2n) is 2.24. The highest BCUT2D eigenvalue weighted by atomic mass is 32.1. The molecule has 0 bridgehead atoms. The van der Waals surface area contributed by atoms with Crippen LogP contribution in [0.3, 0.4) is 0 Å². The van der Waals surface area contributed by atoms with Crippen molar-refractivity contribution >= 4 is 11.3 Å². The van der Waals surface area contributed by atoms with Crippen LogP contribution in [0.4, 0.5) is 0 Å². The quantitative estimate of drug-likeness (QED) is 0.695. The van der Waals surface area contributed by atoms with Gasteiger partial charge in [-0.05, 0) is 5.92 Å². The van der Waals surface area contributed by atoms with Crippen LogP contribution in [0.2, 0.25) is 0 Å². The standard InChI is InChI=1S/C6H9NOS.C2H6/c1-4(2)5-3-7-6(8)9-5;1-2/h3-4H,1-2H3,(H,7,8);1-2H3. The molecule has 0 aliphatic rings. The van der Waals surface area contributed by atoms with Crippen molar-refractivity contribution in [2.45, 2.75) is 33.6 Å². The monoisotopic (exact) mass is 173 g/mol. The van der Waals surface area contributed by atoms with E-state index in [0.29, 0.717) is 5.92 Å². The Balaban J connectivity index is 0.000000461. The van der Waals surface area contributed by atoms with Gasteiger partial charge in [0.05, 0.1) is 0 Å². The smallest absolute Gasteiger partial charge is 0.304 e. The summed E-state index contributed by atoms with van der Waals surface area (Å²) in [5.74, 6) is 0.467. The molecule has 0 fully saturated rings. The number of H-pyrrole nitrogens is 1. The maximum Gasteiger partial charge on any atom is 0.304 e. The molecule has 1 N–H and O–H groups in total. The summed E-state index contributed by atoms with van der Waals surface area (Å²) in [4.78, 5) is 14.3. The van der Waals surface area contributed by atoms with Crippen molar-refractivity contribution in [1.82, 2.24) is 4.98 Å². The lowest BCUT2D eigenvalue weighted by molar-refractivity contribution is 0.885. The third kappa shape index (κ3) is 3.37. The van der Waals surface area contributed by atoms with Gasteiger partial charge in [0.25, 0.3) is 0 Å². The molecule has 0 radical (unpaired) electrons. The number of nitrogens with one attached hydrogen (secondary N) is 1. The average molecular weight is 173 g/mol. The van der Waals surface area contributed by atoms with Crippen LogP contribution in [0.15, 0.2) is 11.0 Å². The average Bonchev–Trinajstić information content (AvgIpc) is 2.40. The first-order valence-electron chi connectivity index (χ1n) is 3.88. The van der Waals surface area contributed by atoms with Crippen LogP contribution >= 0.6 is 11.3 Å². The minimum Gasteiger partial charge on any atom is -0.319 e. The molecule has 0 saturated carbocycles. The fourth-order valence-electron chi connectivity index (χ4n) is 0.581. The minimum absolute atomic E-state index is 0.0405. The van der Waals surface area contributed by atoms with Gasteiger partial charge in [0.1, 0.15) is 0 Å². The van der Waals surface area contributed by atoms with Gasteiger partial charge in [0, 0.05) is 11.1 Å². The van der Waals surface area contributed by atoms with Crippen LogP contribution in [0.5, 0.6) is 0 Å². The summed E-state index contributed by atoms with van der Waals surface area (Å²) in [6.45, 7) is 8.14. The van der Waals surface area contributed by atoms with Crippen molar-refractivity contribution in [3.05, 3.63) is 20.7 Å². The molecule has 11 heavy (non-hydrogen) atoms. The van der Waals surface area contributed by atoms with Gasteiger partial charge < -0.3 is 4.98 Å². The third-order valence-corrected chi connectivity index (χ3v) is 2.24. The number of hydrogen-bond acceptors (Lipinski definition) is 2. The molecule has 0 aliphatic carbocycles. The van der Waals surface area contributed by atoms with Crippen LogP contribution in [0, 0.1) is 0 Å². The minimum atomic E-state index is 0.0405. The van der Waals surface area contributed by atoms with E-state index in [1.807, 2.05) is 13.8 Å². The fraction of sp³-hybridized carbons (Fsp3) is 0.625. The topological polar surface area (TPSA) is 32.9 Å². The Kier molecular flexibility index (Phi) is 4.86. The maximum atomic E-state index is 10.6. The molecule has 0 aliphatic heterocycles. The van der Waals surface area contributed by atoms with Gasteiger partial charge >= 0.3 is 4.87 Å². The van der Waals surface area contributed by atoms with E-state index in [1.54, 1.807) is 6.20 Å². The van der Waals surface area contributed by atoms with Gasteiger partial charge in [0.2, 0.25) is 0 Å². The molecule has 1 aromatic rings. The molecular weight excluding hydrogens is 158 g/mol. The number of aromatic amines is 1. The van der Waals surface area contributed by atoms with Crippen molar-refractivity contribution in [3.8, 4) is 0 Å². The lowest BCUT2D eigenvalue weighted by atomic mass is 10.2. The second-order valence-corrected chi connectivity index (χ2v) is 3.28. The molecule has 0 amide bonds. The molecule has 3 heteroatoms. The van der Waals surface area contributed by atoms with E-state index in [-0.39, 0.29) is 4.87 Å². The number of rotatable bonds is 1. The third-order valence-electron chi connectivity index (χ3n) is 1.11. The Hall–Kier alpha value is -0.570. The molecule has 2 nitrogen and oxygen atoms in total. The first-order valence-corrected chi connectivity index (χ1v) is 4.70. The number of aromatic nitrogens is 1. The Morgan fingerprint density at radius 1 is 1.45 bits per heavy atom. The first-order chi connectivity index (χ1) is 5.20. The zero-order chi connectivity index (χ0) is 8.85. The first kappa shape index (κ1) is 10.4. The van der Waals surface area contributed by atoms with E-state index in [4.69, 9.17) is 0 Å². The van der Waals surface area contributed by atoms with Crippen LogP contribution in [0.1, 0.15) is 38.5 Å². The zero-order valence-corrected chi connectivity index (χ0v) is 8.29. The van der Waals surface area contributed by atoms with Crippen molar-refractivity contribution in [2.75, 3.05) is 0 Å². The largest absolute Gasteiger partial charge is 0.319 e. The summed E-state index contributed by atoms with van der Waals surface area (Å²) >= 11 is 1.28. The Labute approximate surface area is 71.3 Å². The highest BCUT2D eigenvalue weighted by Crippen LogP contribution is 2.14. The normalized spacial score (nSPS) is 9.18. The molecule has 0 unspecified atom stereocenters. The molecule has 0 saturated heterocycles. The summed E-state index contributed by atoms with van der Waals surface area (Å²) in [5, 5.41) is 0. The number of thiazole rings is 1. The molecule has 1 rings (SSSR count). The van der Waals surface area contributed by atoms with E-state index in [2.05, 4.69) is 18.8 Å². The van der Waals surface area contributed by atoms with E-state index < -0.39 is 0 Å². The Bertz CT molecular complexity index is 236. The highest BCUT2D eigenvalue weighted by Gasteiger charge is 1.99. The maximum absolute atomic E-state index is 10.6. The Morgan fingerprint density at radius 3 is 2.18 bits per heavy atom. The lowest BCUT2D eigenvalue weighted by Crippen LogP contribution is -1.88. The summed E-state index contributed by atoms with van der Waals surface area (Å²) in [7, 11) is 0. The lowest BCUT2D eigenvalue weighted by Gasteiger charge is -1.94. The molecule has 64 valence electrons. The fourth-order valence-corrected chi connectivity index (χ4v) is 1.27. The van der Waals surface area contributed by atoms with Gasteiger partial charge in [-0.2, -0.15) is 0 Å². The van der Waals surface area contributed by atoms with E-state index in [9.17, 15) is 4.79 Å². The van der Waals surface area contributed by atoms with Crippen molar-refractivity contribution < 1.29 is 0 Å². The predicted octanol–water partition coefficient (Wildman–Crippen LogP) is 2.59. The molecule has 1 aromatic heterocycles. The van der Waals surface area contributed by atoms with E-state index >= 15 is 0 Å². The molecule has 1 heterocycles. The predicted molar refractivity (Wildman–Crippen MR) is 50.4 cm³/mol. The molecule has 0 spiro atoms. The highest BCUT2D eigenvalue weighted by molar-refractivity contribution is 7.09. The van der Waals surface area contributed by atoms with E-state index in [0.717, 1.165) is 4.88 Å². The van der Waals surface area contributed by atoms with Crippen LogP contribution in [0.25, 0.3) is 0 Å². The second kappa shape index (κ2) is 5.13. The summed E-state index contributed by atoms with van der Waals surface area (Å²) < 4.78 is 0. The van der Waals surface area contributed by atoms with Gasteiger partial charge in [-0.25, -0.2) is 0 Å². The molecule has 0 atom stereocenters. The zero-order valence-electron chi connectivity index (χ0n) is 7.47. The van der Waals surface area contributed by atoms with Gasteiger partial charge in [-0.15, -0.1) is 0 Å². The molecular formula is C8H15NOS. The summed E-state index contributed by atoms with van der Waals surface area (Å²) in [6, 6.07) is 0. The van der Waals surface area contributed by atoms with Gasteiger partial charge in [-0.1, -0.05) is 39.0 Å². The van der Waals surface area contributed by atoms with Crippen LogP contribution < -0.4 is 4.87 Å². The van der Waals surface area contributed by atoms with E-state index in [1.165, 1.54) is 11.3 Å². The van der Waals surface area contributed by atoms with Crippen LogP contribution in [-0.2, 0) is 0 Å². The summed E-state index contributed by atoms with van der Waals surface area (Å²) in [6.07, 6.45) is 1.78. The SMILES string of the molecule is CC.CC(C)c1c[nH]c(=O)s1.